The molecule has 0 fully saturated rings. The van der Waals surface area contributed by atoms with Crippen molar-refractivity contribution in [2.45, 2.75) is 26.0 Å². The van der Waals surface area contributed by atoms with Gasteiger partial charge in [-0.2, -0.15) is 0 Å². The van der Waals surface area contributed by atoms with Gasteiger partial charge >= 0.3 is 0 Å². The summed E-state index contributed by atoms with van der Waals surface area (Å²) in [5.74, 6) is -0.132. The van der Waals surface area contributed by atoms with Gasteiger partial charge in [-0.25, -0.2) is 0 Å². The van der Waals surface area contributed by atoms with Gasteiger partial charge in [-0.1, -0.05) is 30.3 Å². The zero-order chi connectivity index (χ0) is 10.6. The number of hydrogen-bond acceptors (Lipinski definition) is 2. The number of amides is 1. The summed E-state index contributed by atoms with van der Waals surface area (Å²) >= 11 is 0. The SMILES string of the molecule is CC(=O)NC(C)[C@@H](O)c1ccccc1. The Hall–Kier alpha value is -1.35. The van der Waals surface area contributed by atoms with E-state index in [1.807, 2.05) is 30.3 Å². The molecule has 1 amide bonds. The van der Waals surface area contributed by atoms with Crippen molar-refractivity contribution in [3.05, 3.63) is 35.9 Å². The molecule has 1 unspecified atom stereocenters. The van der Waals surface area contributed by atoms with Gasteiger partial charge in [-0.15, -0.1) is 0 Å². The highest BCUT2D eigenvalue weighted by molar-refractivity contribution is 5.73. The van der Waals surface area contributed by atoms with Crippen LogP contribution >= 0.6 is 0 Å². The Morgan fingerprint density at radius 1 is 1.36 bits per heavy atom. The smallest absolute Gasteiger partial charge is 0.217 e. The molecule has 1 aromatic carbocycles. The van der Waals surface area contributed by atoms with Crippen LogP contribution in [0.15, 0.2) is 30.3 Å². The molecule has 0 aliphatic heterocycles. The summed E-state index contributed by atoms with van der Waals surface area (Å²) in [6, 6.07) is 9.01. The molecular weight excluding hydrogens is 178 g/mol. The molecule has 1 rings (SSSR count). The molecular formula is C11H15NO2. The fourth-order valence-corrected chi connectivity index (χ4v) is 1.34. The van der Waals surface area contributed by atoms with Gasteiger partial charge in [0, 0.05) is 6.92 Å². The van der Waals surface area contributed by atoms with Gasteiger partial charge in [-0.3, -0.25) is 4.79 Å². The van der Waals surface area contributed by atoms with E-state index in [1.165, 1.54) is 6.92 Å². The van der Waals surface area contributed by atoms with Crippen LogP contribution in [0.3, 0.4) is 0 Å². The lowest BCUT2D eigenvalue weighted by Crippen LogP contribution is -2.35. The Morgan fingerprint density at radius 3 is 2.43 bits per heavy atom. The number of aliphatic hydroxyl groups excluding tert-OH is 1. The molecule has 1 aromatic rings. The van der Waals surface area contributed by atoms with Crippen molar-refractivity contribution in [3.63, 3.8) is 0 Å². The maximum absolute atomic E-state index is 10.8. The number of benzene rings is 1. The third-order valence-corrected chi connectivity index (χ3v) is 2.05. The van der Waals surface area contributed by atoms with Crippen molar-refractivity contribution in [1.29, 1.82) is 0 Å². The van der Waals surface area contributed by atoms with Gasteiger partial charge in [0.2, 0.25) is 5.91 Å². The number of nitrogens with one attached hydrogen (secondary N) is 1. The minimum atomic E-state index is -0.653. The standard InChI is InChI=1S/C11H15NO2/c1-8(12-9(2)13)11(14)10-6-4-3-5-7-10/h3-8,11,14H,1-2H3,(H,12,13)/t8?,11-/m1/s1. The molecule has 3 nitrogen and oxygen atoms in total. The third-order valence-electron chi connectivity index (χ3n) is 2.05. The van der Waals surface area contributed by atoms with Crippen molar-refractivity contribution in [2.24, 2.45) is 0 Å². The molecule has 3 heteroatoms. The lowest BCUT2D eigenvalue weighted by Gasteiger charge is -2.19. The predicted molar refractivity (Wildman–Crippen MR) is 54.7 cm³/mol. The summed E-state index contributed by atoms with van der Waals surface area (Å²) in [6.07, 6.45) is -0.653. The Bertz CT molecular complexity index is 297. The van der Waals surface area contributed by atoms with Gasteiger partial charge < -0.3 is 10.4 Å². The molecule has 0 spiro atoms. The second kappa shape index (κ2) is 4.77. The molecule has 14 heavy (non-hydrogen) atoms. The van der Waals surface area contributed by atoms with Crippen molar-refractivity contribution < 1.29 is 9.90 Å². The van der Waals surface area contributed by atoms with Gasteiger partial charge in [0.1, 0.15) is 0 Å². The van der Waals surface area contributed by atoms with Crippen molar-refractivity contribution in [2.75, 3.05) is 0 Å². The number of rotatable bonds is 3. The van der Waals surface area contributed by atoms with Crippen molar-refractivity contribution in [3.8, 4) is 0 Å². The summed E-state index contributed by atoms with van der Waals surface area (Å²) in [6.45, 7) is 3.22. The molecule has 2 atom stereocenters. The van der Waals surface area contributed by atoms with Crippen molar-refractivity contribution in [1.82, 2.24) is 5.32 Å². The fourth-order valence-electron chi connectivity index (χ4n) is 1.34. The van der Waals surface area contributed by atoms with Crippen molar-refractivity contribution >= 4 is 5.91 Å². The second-order valence-electron chi connectivity index (χ2n) is 3.34. The Labute approximate surface area is 83.8 Å². The van der Waals surface area contributed by atoms with E-state index in [2.05, 4.69) is 5.32 Å². The van der Waals surface area contributed by atoms with E-state index in [4.69, 9.17) is 0 Å². The third kappa shape index (κ3) is 2.85. The van der Waals surface area contributed by atoms with E-state index >= 15 is 0 Å². The molecule has 0 radical (unpaired) electrons. The fraction of sp³-hybridized carbons (Fsp3) is 0.364. The molecule has 0 saturated carbocycles. The van der Waals surface area contributed by atoms with Crippen LogP contribution in [0, 0.1) is 0 Å². The molecule has 0 aliphatic rings. The van der Waals surface area contributed by atoms with Crippen LogP contribution < -0.4 is 5.32 Å². The average Bonchev–Trinajstić information content (AvgIpc) is 2.17. The van der Waals surface area contributed by atoms with Gasteiger partial charge in [0.15, 0.2) is 0 Å². The monoisotopic (exact) mass is 193 g/mol. The zero-order valence-corrected chi connectivity index (χ0v) is 8.40. The molecule has 2 N–H and O–H groups in total. The maximum atomic E-state index is 10.8. The van der Waals surface area contributed by atoms with Gasteiger partial charge in [0.05, 0.1) is 12.1 Å². The number of carbonyl (C=O) groups is 1. The summed E-state index contributed by atoms with van der Waals surface area (Å²) < 4.78 is 0. The molecule has 0 aliphatic carbocycles. The van der Waals surface area contributed by atoms with Crippen LogP contribution in [0.25, 0.3) is 0 Å². The quantitative estimate of drug-likeness (QED) is 0.759. The van der Waals surface area contributed by atoms with E-state index in [0.29, 0.717) is 0 Å². The van der Waals surface area contributed by atoms with Crippen LogP contribution in [0.5, 0.6) is 0 Å². The Kier molecular flexibility index (Phi) is 3.65. The normalized spacial score (nSPS) is 14.5. The first-order chi connectivity index (χ1) is 6.61. The number of aliphatic hydroxyl groups is 1. The zero-order valence-electron chi connectivity index (χ0n) is 8.40. The summed E-state index contributed by atoms with van der Waals surface area (Å²) in [4.78, 5) is 10.8. The van der Waals surface area contributed by atoms with Crippen LogP contribution in [0.2, 0.25) is 0 Å². The molecule has 0 heterocycles. The minimum Gasteiger partial charge on any atom is -0.386 e. The van der Waals surface area contributed by atoms with Gasteiger partial charge in [0.25, 0.3) is 0 Å². The highest BCUT2D eigenvalue weighted by Crippen LogP contribution is 2.15. The van der Waals surface area contributed by atoms with E-state index in [-0.39, 0.29) is 11.9 Å². The largest absolute Gasteiger partial charge is 0.386 e. The lowest BCUT2D eigenvalue weighted by atomic mass is 10.0. The van der Waals surface area contributed by atoms with Crippen LogP contribution in [0.4, 0.5) is 0 Å². The van der Waals surface area contributed by atoms with Crippen LogP contribution in [-0.2, 0) is 4.79 Å². The molecule has 0 saturated heterocycles. The minimum absolute atomic E-state index is 0.132. The van der Waals surface area contributed by atoms with Crippen LogP contribution in [0.1, 0.15) is 25.5 Å². The molecule has 0 bridgehead atoms. The first kappa shape index (κ1) is 10.7. The predicted octanol–water partition coefficient (Wildman–Crippen LogP) is 1.24. The van der Waals surface area contributed by atoms with E-state index in [0.717, 1.165) is 5.56 Å². The second-order valence-corrected chi connectivity index (χ2v) is 3.34. The number of hydrogen-bond donors (Lipinski definition) is 2. The topological polar surface area (TPSA) is 49.3 Å². The Balaban J connectivity index is 2.65. The van der Waals surface area contributed by atoms with E-state index in [9.17, 15) is 9.90 Å². The molecule has 0 aromatic heterocycles. The summed E-state index contributed by atoms with van der Waals surface area (Å²) in [5.41, 5.74) is 0.814. The Morgan fingerprint density at radius 2 is 1.93 bits per heavy atom. The van der Waals surface area contributed by atoms with Gasteiger partial charge in [-0.05, 0) is 12.5 Å². The average molecular weight is 193 g/mol. The maximum Gasteiger partial charge on any atom is 0.217 e. The van der Waals surface area contributed by atoms with Crippen LogP contribution in [-0.4, -0.2) is 17.1 Å². The summed E-state index contributed by atoms with van der Waals surface area (Å²) in [7, 11) is 0. The molecule has 76 valence electrons. The highest BCUT2D eigenvalue weighted by Gasteiger charge is 2.16. The highest BCUT2D eigenvalue weighted by atomic mass is 16.3. The lowest BCUT2D eigenvalue weighted by molar-refractivity contribution is -0.120. The van der Waals surface area contributed by atoms with E-state index < -0.39 is 6.10 Å². The number of carbonyl (C=O) groups excluding carboxylic acids is 1. The summed E-state index contributed by atoms with van der Waals surface area (Å²) in [5, 5.41) is 12.5. The first-order valence-electron chi connectivity index (χ1n) is 4.61. The van der Waals surface area contributed by atoms with E-state index in [1.54, 1.807) is 6.92 Å². The first-order valence-corrected chi connectivity index (χ1v) is 4.61.